The number of aliphatic hydroxyl groups is 1. The third kappa shape index (κ3) is 6.28. The van der Waals surface area contributed by atoms with Crippen molar-refractivity contribution in [3.05, 3.63) is 59.4 Å². The molecule has 1 amide bonds. The molecule has 6 nitrogen and oxygen atoms in total. The number of hydrogen-bond donors (Lipinski definition) is 2. The second kappa shape index (κ2) is 9.25. The van der Waals surface area contributed by atoms with Gasteiger partial charge in [0.25, 0.3) is 0 Å². The molecule has 1 unspecified atom stereocenters. The maximum atomic E-state index is 12.4. The summed E-state index contributed by atoms with van der Waals surface area (Å²) in [5.74, 6) is -0.661. The molecule has 160 valence electrons. The number of hydrogen-bond acceptors (Lipinski definition) is 5. The van der Waals surface area contributed by atoms with Gasteiger partial charge in [0, 0.05) is 0 Å². The van der Waals surface area contributed by atoms with Crippen LogP contribution in [0.15, 0.2) is 42.6 Å². The van der Waals surface area contributed by atoms with Crippen molar-refractivity contribution in [1.82, 2.24) is 10.3 Å². The number of nitrogens with zero attached hydrogens (tertiary/aromatic N) is 1. The molecule has 9 heteroatoms. The number of aromatic nitrogens is 1. The Morgan fingerprint density at radius 1 is 1.17 bits per heavy atom. The minimum atomic E-state index is -4.49. The first-order chi connectivity index (χ1) is 14.2. The Morgan fingerprint density at radius 2 is 1.87 bits per heavy atom. The fraction of sp³-hybridized carbons (Fsp3) is 0.381. The Labute approximate surface area is 171 Å². The van der Waals surface area contributed by atoms with Crippen LogP contribution in [0, 0.1) is 0 Å². The van der Waals surface area contributed by atoms with Crippen LogP contribution in [-0.4, -0.2) is 41.2 Å². The molecule has 30 heavy (non-hydrogen) atoms. The predicted octanol–water partition coefficient (Wildman–Crippen LogP) is 2.86. The summed E-state index contributed by atoms with van der Waals surface area (Å²) in [4.78, 5) is 28.4. The van der Waals surface area contributed by atoms with E-state index >= 15 is 0 Å². The lowest BCUT2D eigenvalue weighted by Gasteiger charge is -2.17. The molecule has 1 atom stereocenters. The van der Waals surface area contributed by atoms with Gasteiger partial charge in [-0.2, -0.15) is 13.2 Å². The molecule has 1 fully saturated rings. The third-order valence-electron chi connectivity index (χ3n) is 4.63. The van der Waals surface area contributed by atoms with E-state index in [1.165, 1.54) is 30.5 Å². The Bertz CT molecular complexity index is 879. The number of alkyl halides is 3. The number of carbonyl (C=O) groups is 2. The van der Waals surface area contributed by atoms with Crippen LogP contribution < -0.4 is 10.1 Å². The summed E-state index contributed by atoms with van der Waals surface area (Å²) >= 11 is 0. The van der Waals surface area contributed by atoms with Crippen molar-refractivity contribution in [2.24, 2.45) is 0 Å². The highest BCUT2D eigenvalue weighted by atomic mass is 19.4. The highest BCUT2D eigenvalue weighted by Crippen LogP contribution is 2.39. The number of ether oxygens (including phenoxy) is 1. The Balaban J connectivity index is 1.63. The molecule has 0 spiro atoms. The van der Waals surface area contributed by atoms with Crippen molar-refractivity contribution < 1.29 is 32.6 Å². The molecule has 0 aliphatic heterocycles. The van der Waals surface area contributed by atoms with E-state index in [0.29, 0.717) is 5.92 Å². The van der Waals surface area contributed by atoms with Crippen LogP contribution in [0.1, 0.15) is 41.6 Å². The standard InChI is InChI=1S/C21H21F3N2O4/c22-21(23,24)12-30-16-7-8-17(25-10-16)20(18(28)11-27)26-19(29)9-13-1-3-14(4-2-13)15-5-6-15/h1-4,7-8,10,15,20,27H,5-6,9,11-12H2,(H,26,29). The van der Waals surface area contributed by atoms with E-state index in [-0.39, 0.29) is 17.9 Å². The summed E-state index contributed by atoms with van der Waals surface area (Å²) in [6.45, 7) is -2.29. The average Bonchev–Trinajstić information content (AvgIpc) is 3.56. The first-order valence-electron chi connectivity index (χ1n) is 9.42. The zero-order valence-electron chi connectivity index (χ0n) is 16.0. The number of amides is 1. The number of aliphatic hydroxyl groups excluding tert-OH is 1. The van der Waals surface area contributed by atoms with Gasteiger partial charge in [-0.1, -0.05) is 24.3 Å². The molecule has 1 aromatic carbocycles. The molecule has 1 aromatic heterocycles. The smallest absolute Gasteiger partial charge is 0.422 e. The van der Waals surface area contributed by atoms with Crippen LogP contribution in [0.5, 0.6) is 5.75 Å². The van der Waals surface area contributed by atoms with E-state index in [1.807, 2.05) is 24.3 Å². The van der Waals surface area contributed by atoms with Crippen molar-refractivity contribution in [1.29, 1.82) is 0 Å². The summed E-state index contributed by atoms with van der Waals surface area (Å²) in [7, 11) is 0. The van der Waals surface area contributed by atoms with Gasteiger partial charge in [-0.15, -0.1) is 0 Å². The number of halogens is 3. The second-order valence-corrected chi connectivity index (χ2v) is 7.14. The number of pyridine rings is 1. The average molecular weight is 422 g/mol. The summed E-state index contributed by atoms with van der Waals surface area (Å²) in [5.41, 5.74) is 2.10. The Kier molecular flexibility index (Phi) is 6.71. The molecule has 2 aromatic rings. The van der Waals surface area contributed by atoms with Gasteiger partial charge in [0.15, 0.2) is 12.4 Å². The lowest BCUT2D eigenvalue weighted by Crippen LogP contribution is -2.36. The number of benzene rings is 1. The first-order valence-corrected chi connectivity index (χ1v) is 9.42. The van der Waals surface area contributed by atoms with Crippen LogP contribution in [0.2, 0.25) is 0 Å². The predicted molar refractivity (Wildman–Crippen MR) is 101 cm³/mol. The Hall–Kier alpha value is -2.94. The molecular weight excluding hydrogens is 401 g/mol. The topological polar surface area (TPSA) is 88.5 Å². The van der Waals surface area contributed by atoms with E-state index in [9.17, 15) is 27.9 Å². The van der Waals surface area contributed by atoms with Crippen molar-refractivity contribution in [3.63, 3.8) is 0 Å². The third-order valence-corrected chi connectivity index (χ3v) is 4.63. The quantitative estimate of drug-likeness (QED) is 0.649. The monoisotopic (exact) mass is 422 g/mol. The van der Waals surface area contributed by atoms with E-state index in [4.69, 9.17) is 0 Å². The summed E-state index contributed by atoms with van der Waals surface area (Å²) < 4.78 is 41.2. The van der Waals surface area contributed by atoms with E-state index < -0.39 is 37.1 Å². The normalized spacial score (nSPS) is 14.8. The molecule has 1 aliphatic rings. The van der Waals surface area contributed by atoms with E-state index in [1.54, 1.807) is 0 Å². The molecule has 0 saturated heterocycles. The number of rotatable bonds is 9. The maximum absolute atomic E-state index is 12.4. The van der Waals surface area contributed by atoms with Crippen LogP contribution in [0.25, 0.3) is 0 Å². The molecule has 2 N–H and O–H groups in total. The van der Waals surface area contributed by atoms with Crippen molar-refractivity contribution >= 4 is 11.7 Å². The van der Waals surface area contributed by atoms with Crippen LogP contribution in [-0.2, 0) is 16.0 Å². The molecule has 1 aliphatic carbocycles. The summed E-state index contributed by atoms with van der Waals surface area (Å²) in [6, 6.07) is 8.96. The highest BCUT2D eigenvalue weighted by Gasteiger charge is 2.29. The molecule has 1 saturated carbocycles. The maximum Gasteiger partial charge on any atom is 0.422 e. The number of nitrogens with one attached hydrogen (secondary N) is 1. The van der Waals surface area contributed by atoms with Gasteiger partial charge in [0.2, 0.25) is 5.91 Å². The van der Waals surface area contributed by atoms with Crippen molar-refractivity contribution in [2.45, 2.75) is 37.4 Å². The van der Waals surface area contributed by atoms with Gasteiger partial charge < -0.3 is 15.2 Å². The van der Waals surface area contributed by atoms with Crippen LogP contribution in [0.3, 0.4) is 0 Å². The zero-order chi connectivity index (χ0) is 21.7. The highest BCUT2D eigenvalue weighted by molar-refractivity contribution is 5.90. The molecule has 0 radical (unpaired) electrons. The first kappa shape index (κ1) is 21.8. The molecule has 1 heterocycles. The molecular formula is C21H21F3N2O4. The van der Waals surface area contributed by atoms with Gasteiger partial charge in [-0.3, -0.25) is 14.6 Å². The number of Topliss-reactive ketones (excluding diaryl/α,β-unsaturated/α-hetero) is 1. The van der Waals surface area contributed by atoms with Crippen LogP contribution >= 0.6 is 0 Å². The summed E-state index contributed by atoms with van der Waals surface area (Å²) in [6.07, 6.45) is -1.07. The minimum absolute atomic E-state index is 0.0347. The fourth-order valence-electron chi connectivity index (χ4n) is 2.95. The summed E-state index contributed by atoms with van der Waals surface area (Å²) in [5, 5.41) is 11.7. The number of carbonyl (C=O) groups excluding carboxylic acids is 2. The van der Waals surface area contributed by atoms with Gasteiger partial charge in [0.05, 0.1) is 18.3 Å². The second-order valence-electron chi connectivity index (χ2n) is 7.14. The van der Waals surface area contributed by atoms with Crippen LogP contribution in [0.4, 0.5) is 13.2 Å². The van der Waals surface area contributed by atoms with E-state index in [0.717, 1.165) is 11.8 Å². The largest absolute Gasteiger partial charge is 0.483 e. The molecule has 3 rings (SSSR count). The van der Waals surface area contributed by atoms with E-state index in [2.05, 4.69) is 15.0 Å². The van der Waals surface area contributed by atoms with Gasteiger partial charge in [-0.25, -0.2) is 0 Å². The lowest BCUT2D eigenvalue weighted by molar-refractivity contribution is -0.153. The van der Waals surface area contributed by atoms with Gasteiger partial charge in [0.1, 0.15) is 18.4 Å². The Morgan fingerprint density at radius 3 is 2.40 bits per heavy atom. The lowest BCUT2D eigenvalue weighted by atomic mass is 10.0. The van der Waals surface area contributed by atoms with Gasteiger partial charge in [-0.05, 0) is 42.0 Å². The van der Waals surface area contributed by atoms with Crippen molar-refractivity contribution in [3.8, 4) is 5.75 Å². The number of ketones is 1. The SMILES string of the molecule is O=C(Cc1ccc(C2CC2)cc1)NC(C(=O)CO)c1ccc(OCC(F)(F)F)cn1. The zero-order valence-corrected chi connectivity index (χ0v) is 16.0. The minimum Gasteiger partial charge on any atom is -0.483 e. The van der Waals surface area contributed by atoms with Gasteiger partial charge >= 0.3 is 6.18 Å². The molecule has 0 bridgehead atoms. The fourth-order valence-corrected chi connectivity index (χ4v) is 2.95. The van der Waals surface area contributed by atoms with Crippen molar-refractivity contribution in [2.75, 3.05) is 13.2 Å².